The quantitative estimate of drug-likeness (QED) is 0.381. The summed E-state index contributed by atoms with van der Waals surface area (Å²) in [5.74, 6) is 1.37. The van der Waals surface area contributed by atoms with Crippen molar-refractivity contribution in [1.82, 2.24) is 14.7 Å². The SMILES string of the molecule is C=CCN1CCN(C(=O)c2ccc(COc3ccc4c(c3)[C@H](c3ccc(F)cc3)N(C(=O)C3CC3)CC4)o2)CC1. The molecule has 8 heteroatoms. The van der Waals surface area contributed by atoms with Crippen LogP contribution in [0.2, 0.25) is 0 Å². The zero-order valence-electron chi connectivity index (χ0n) is 22.6. The molecule has 2 fully saturated rings. The molecule has 1 aromatic heterocycles. The Balaban J connectivity index is 1.16. The zero-order chi connectivity index (χ0) is 27.6. The number of carbonyl (C=O) groups excluding carboxylic acids is 2. The minimum atomic E-state index is -0.303. The van der Waals surface area contributed by atoms with Crippen LogP contribution in [0.1, 0.15) is 51.9 Å². The molecule has 0 N–H and O–H groups in total. The first-order chi connectivity index (χ1) is 19.5. The van der Waals surface area contributed by atoms with E-state index in [2.05, 4.69) is 11.5 Å². The predicted molar refractivity (Wildman–Crippen MR) is 148 cm³/mol. The lowest BCUT2D eigenvalue weighted by Gasteiger charge is -2.38. The van der Waals surface area contributed by atoms with Gasteiger partial charge >= 0.3 is 0 Å². The van der Waals surface area contributed by atoms with E-state index in [0.29, 0.717) is 36.9 Å². The van der Waals surface area contributed by atoms with Crippen molar-refractivity contribution in [1.29, 1.82) is 0 Å². The highest BCUT2D eigenvalue weighted by molar-refractivity contribution is 5.91. The van der Waals surface area contributed by atoms with Gasteiger partial charge < -0.3 is 19.0 Å². The van der Waals surface area contributed by atoms with Gasteiger partial charge in [-0.1, -0.05) is 24.3 Å². The number of furan rings is 1. The van der Waals surface area contributed by atoms with Crippen LogP contribution in [0.3, 0.4) is 0 Å². The number of amides is 2. The van der Waals surface area contributed by atoms with Crippen molar-refractivity contribution in [2.45, 2.75) is 31.9 Å². The van der Waals surface area contributed by atoms with Crippen LogP contribution < -0.4 is 4.74 Å². The molecule has 2 aromatic carbocycles. The van der Waals surface area contributed by atoms with Gasteiger partial charge in [-0.3, -0.25) is 14.5 Å². The topological polar surface area (TPSA) is 66.2 Å². The van der Waals surface area contributed by atoms with E-state index in [0.717, 1.165) is 55.6 Å². The molecular weight excluding hydrogens is 509 g/mol. The van der Waals surface area contributed by atoms with Crippen LogP contribution in [0.4, 0.5) is 4.39 Å². The molecule has 1 saturated heterocycles. The summed E-state index contributed by atoms with van der Waals surface area (Å²) in [6, 6.07) is 15.6. The Kier molecular flexibility index (Phi) is 7.43. The number of rotatable bonds is 8. The third-order valence-corrected chi connectivity index (χ3v) is 8.04. The minimum absolute atomic E-state index is 0.0933. The lowest BCUT2D eigenvalue weighted by Crippen LogP contribution is -2.48. The molecule has 1 saturated carbocycles. The molecular formula is C32H34FN3O4. The van der Waals surface area contributed by atoms with Crippen molar-refractivity contribution < 1.29 is 23.1 Å². The van der Waals surface area contributed by atoms with E-state index < -0.39 is 0 Å². The lowest BCUT2D eigenvalue weighted by atomic mass is 9.87. The lowest BCUT2D eigenvalue weighted by molar-refractivity contribution is -0.134. The molecule has 2 amide bonds. The van der Waals surface area contributed by atoms with Gasteiger partial charge in [0.1, 0.15) is 23.9 Å². The van der Waals surface area contributed by atoms with Crippen LogP contribution in [-0.4, -0.2) is 65.8 Å². The first kappa shape index (κ1) is 26.3. The third-order valence-electron chi connectivity index (χ3n) is 8.04. The summed E-state index contributed by atoms with van der Waals surface area (Å²) in [4.78, 5) is 32.2. The number of halogens is 1. The van der Waals surface area contributed by atoms with Crippen LogP contribution in [0.5, 0.6) is 5.75 Å². The maximum absolute atomic E-state index is 13.7. The largest absolute Gasteiger partial charge is 0.486 e. The molecule has 40 heavy (non-hydrogen) atoms. The highest BCUT2D eigenvalue weighted by Crippen LogP contribution is 2.41. The number of piperazine rings is 1. The average molecular weight is 544 g/mol. The Hall–Kier alpha value is -3.91. The van der Waals surface area contributed by atoms with Crippen LogP contribution >= 0.6 is 0 Å². The first-order valence-corrected chi connectivity index (χ1v) is 14.0. The Morgan fingerprint density at radius 2 is 1.77 bits per heavy atom. The number of fused-ring (bicyclic) bond motifs is 1. The van der Waals surface area contributed by atoms with Gasteiger partial charge in [-0.25, -0.2) is 4.39 Å². The second kappa shape index (κ2) is 11.3. The van der Waals surface area contributed by atoms with E-state index in [-0.39, 0.29) is 36.2 Å². The van der Waals surface area contributed by atoms with Gasteiger partial charge in [0.25, 0.3) is 5.91 Å². The average Bonchev–Trinajstić information content (AvgIpc) is 3.73. The van der Waals surface area contributed by atoms with Gasteiger partial charge in [-0.05, 0) is 72.4 Å². The van der Waals surface area contributed by atoms with Crippen LogP contribution in [0.25, 0.3) is 0 Å². The third kappa shape index (κ3) is 5.54. The number of carbonyl (C=O) groups is 2. The zero-order valence-corrected chi connectivity index (χ0v) is 22.6. The second-order valence-electron chi connectivity index (χ2n) is 10.8. The molecule has 1 aliphatic carbocycles. The standard InChI is InChI=1S/C32H34FN3O4/c1-2-14-34-16-18-35(19-17-34)32(38)29-12-11-27(40-29)21-39-26-10-7-22-13-15-36(31(37)24-3-4-24)30(28(22)20-26)23-5-8-25(33)9-6-23/h2,5-12,20,24,30H,1,3-4,13-19,21H2/t30-/m0/s1. The smallest absolute Gasteiger partial charge is 0.289 e. The molecule has 3 aromatic rings. The van der Waals surface area contributed by atoms with Crippen LogP contribution in [0.15, 0.2) is 71.7 Å². The molecule has 3 aliphatic rings. The summed E-state index contributed by atoms with van der Waals surface area (Å²) in [6.07, 6.45) is 4.50. The maximum Gasteiger partial charge on any atom is 0.289 e. The highest BCUT2D eigenvalue weighted by atomic mass is 19.1. The van der Waals surface area contributed by atoms with Crippen molar-refractivity contribution in [3.63, 3.8) is 0 Å². The Bertz CT molecular complexity index is 1390. The van der Waals surface area contributed by atoms with Gasteiger partial charge in [-0.15, -0.1) is 6.58 Å². The Morgan fingerprint density at radius 1 is 1.00 bits per heavy atom. The number of hydrogen-bond donors (Lipinski definition) is 0. The fourth-order valence-electron chi connectivity index (χ4n) is 5.69. The summed E-state index contributed by atoms with van der Waals surface area (Å²) < 4.78 is 25.7. The fourth-order valence-corrected chi connectivity index (χ4v) is 5.69. The van der Waals surface area contributed by atoms with Gasteiger partial charge in [0.2, 0.25) is 5.91 Å². The van der Waals surface area contributed by atoms with Crippen LogP contribution in [0, 0.1) is 11.7 Å². The molecule has 0 bridgehead atoms. The normalized spacial score (nSPS) is 19.3. The highest BCUT2D eigenvalue weighted by Gasteiger charge is 2.39. The maximum atomic E-state index is 13.7. The van der Waals surface area contributed by atoms with E-state index in [1.165, 1.54) is 12.1 Å². The van der Waals surface area contributed by atoms with Crippen molar-refractivity contribution in [2.75, 3.05) is 39.3 Å². The molecule has 0 spiro atoms. The molecule has 208 valence electrons. The second-order valence-corrected chi connectivity index (χ2v) is 10.8. The molecule has 0 unspecified atom stereocenters. The summed E-state index contributed by atoms with van der Waals surface area (Å²) in [5, 5.41) is 0. The van der Waals surface area contributed by atoms with Crippen LogP contribution in [-0.2, 0) is 17.8 Å². The van der Waals surface area contributed by atoms with E-state index >= 15 is 0 Å². The number of nitrogens with zero attached hydrogens (tertiary/aromatic N) is 3. The molecule has 2 aliphatic heterocycles. The van der Waals surface area contributed by atoms with E-state index in [1.807, 2.05) is 34.1 Å². The molecule has 3 heterocycles. The van der Waals surface area contributed by atoms with E-state index in [4.69, 9.17) is 9.15 Å². The fraction of sp³-hybridized carbons (Fsp3) is 0.375. The van der Waals surface area contributed by atoms with Crippen molar-refractivity contribution in [3.05, 3.63) is 101 Å². The van der Waals surface area contributed by atoms with Crippen molar-refractivity contribution >= 4 is 11.8 Å². The Morgan fingerprint density at radius 3 is 2.50 bits per heavy atom. The summed E-state index contributed by atoms with van der Waals surface area (Å²) in [6.45, 7) is 8.36. The van der Waals surface area contributed by atoms with Gasteiger partial charge in [0, 0.05) is 45.2 Å². The monoisotopic (exact) mass is 543 g/mol. The molecule has 1 atom stereocenters. The predicted octanol–water partition coefficient (Wildman–Crippen LogP) is 4.83. The number of benzene rings is 2. The summed E-state index contributed by atoms with van der Waals surface area (Å²) in [5.41, 5.74) is 3.03. The number of ether oxygens (including phenoxy) is 1. The first-order valence-electron chi connectivity index (χ1n) is 14.0. The van der Waals surface area contributed by atoms with Gasteiger partial charge in [-0.2, -0.15) is 0 Å². The summed E-state index contributed by atoms with van der Waals surface area (Å²) >= 11 is 0. The van der Waals surface area contributed by atoms with Gasteiger partial charge in [0.05, 0.1) is 6.04 Å². The van der Waals surface area contributed by atoms with E-state index in [1.54, 1.807) is 24.3 Å². The minimum Gasteiger partial charge on any atom is -0.486 e. The molecule has 6 rings (SSSR count). The van der Waals surface area contributed by atoms with E-state index in [9.17, 15) is 14.0 Å². The number of hydrogen-bond acceptors (Lipinski definition) is 5. The summed E-state index contributed by atoms with van der Waals surface area (Å²) in [7, 11) is 0. The van der Waals surface area contributed by atoms with Crippen molar-refractivity contribution in [2.24, 2.45) is 5.92 Å². The molecule has 7 nitrogen and oxygen atoms in total. The van der Waals surface area contributed by atoms with Gasteiger partial charge in [0.15, 0.2) is 5.76 Å². The van der Waals surface area contributed by atoms with Crippen molar-refractivity contribution in [3.8, 4) is 5.75 Å². The molecule has 0 radical (unpaired) electrons. The Labute approximate surface area is 233 Å².